The minimum Gasteiger partial charge on any atom is -0.327 e. The van der Waals surface area contributed by atoms with E-state index in [2.05, 4.69) is 29.3 Å². The van der Waals surface area contributed by atoms with Crippen molar-refractivity contribution in [1.82, 2.24) is 4.98 Å². The molecule has 0 aliphatic heterocycles. The first-order chi connectivity index (χ1) is 9.31. The van der Waals surface area contributed by atoms with Crippen LogP contribution in [0.3, 0.4) is 0 Å². The fraction of sp³-hybridized carbons (Fsp3) is 0.438. The Balaban J connectivity index is 1.65. The molecule has 2 N–H and O–H groups in total. The van der Waals surface area contributed by atoms with Crippen molar-refractivity contribution >= 4 is 21.6 Å². The van der Waals surface area contributed by atoms with Crippen LogP contribution in [0.4, 0.5) is 0 Å². The summed E-state index contributed by atoms with van der Waals surface area (Å²) >= 11 is 1.78. The van der Waals surface area contributed by atoms with E-state index in [4.69, 9.17) is 5.73 Å². The van der Waals surface area contributed by atoms with Gasteiger partial charge in [-0.3, -0.25) is 0 Å². The van der Waals surface area contributed by atoms with Gasteiger partial charge in [0.05, 0.1) is 15.2 Å². The zero-order valence-electron chi connectivity index (χ0n) is 11.1. The monoisotopic (exact) mass is 272 g/mol. The Bertz CT molecular complexity index is 552. The molecule has 0 bridgehead atoms. The van der Waals surface area contributed by atoms with Gasteiger partial charge in [0, 0.05) is 12.5 Å². The highest BCUT2D eigenvalue weighted by Gasteiger charge is 2.12. The molecule has 100 valence electrons. The number of nitrogens with zero attached hydrogens (tertiary/aromatic N) is 1. The Morgan fingerprint density at radius 3 is 2.89 bits per heavy atom. The molecule has 0 radical (unpaired) electrons. The first kappa shape index (κ1) is 12.8. The number of aromatic nitrogens is 1. The largest absolute Gasteiger partial charge is 0.327 e. The second kappa shape index (κ2) is 5.85. The van der Waals surface area contributed by atoms with Crippen LogP contribution in [0.2, 0.25) is 0 Å². The molecule has 19 heavy (non-hydrogen) atoms. The lowest BCUT2D eigenvalue weighted by Gasteiger charge is -2.16. The molecular weight excluding hydrogens is 252 g/mol. The number of hydrogen-bond acceptors (Lipinski definition) is 3. The van der Waals surface area contributed by atoms with E-state index in [9.17, 15) is 0 Å². The third kappa shape index (κ3) is 3.23. The fourth-order valence-corrected chi connectivity index (χ4v) is 3.79. The number of fused-ring (bicyclic) bond motifs is 1. The summed E-state index contributed by atoms with van der Waals surface area (Å²) < 4.78 is 1.27. The maximum Gasteiger partial charge on any atom is 0.0954 e. The van der Waals surface area contributed by atoms with Crippen LogP contribution in [0, 0.1) is 0 Å². The second-order valence-electron chi connectivity index (χ2n) is 5.35. The molecule has 2 nitrogen and oxygen atoms in total. The highest BCUT2D eigenvalue weighted by molar-refractivity contribution is 7.18. The molecule has 0 fully saturated rings. The summed E-state index contributed by atoms with van der Waals surface area (Å²) in [4.78, 5) is 4.66. The smallest absolute Gasteiger partial charge is 0.0954 e. The first-order valence-corrected chi connectivity index (χ1v) is 7.91. The maximum absolute atomic E-state index is 6.28. The van der Waals surface area contributed by atoms with Crippen molar-refractivity contribution in [2.45, 2.75) is 44.6 Å². The Labute approximate surface area is 118 Å². The molecule has 1 unspecified atom stereocenters. The van der Waals surface area contributed by atoms with Crippen LogP contribution in [-0.2, 0) is 6.42 Å². The topological polar surface area (TPSA) is 38.9 Å². The van der Waals surface area contributed by atoms with Gasteiger partial charge in [0.1, 0.15) is 0 Å². The third-order valence-corrected chi connectivity index (χ3v) is 4.74. The lowest BCUT2D eigenvalue weighted by atomic mass is 9.94. The summed E-state index contributed by atoms with van der Waals surface area (Å²) in [6, 6.07) is 8.52. The van der Waals surface area contributed by atoms with Crippen molar-refractivity contribution < 1.29 is 0 Å². The molecule has 1 aromatic heterocycles. The SMILES string of the molecule is NC(CC1=CCCCC1)Cc1nc2ccccc2s1. The van der Waals surface area contributed by atoms with E-state index in [-0.39, 0.29) is 6.04 Å². The standard InChI is InChI=1S/C16H20N2S/c17-13(10-12-6-2-1-3-7-12)11-16-18-14-8-4-5-9-15(14)19-16/h4-6,8-9,13H,1-3,7,10-11,17H2. The van der Waals surface area contributed by atoms with Gasteiger partial charge in [-0.15, -0.1) is 11.3 Å². The number of benzene rings is 1. The second-order valence-corrected chi connectivity index (χ2v) is 6.47. The molecule has 3 rings (SSSR count). The van der Waals surface area contributed by atoms with Crippen LogP contribution in [0.1, 0.15) is 37.1 Å². The van der Waals surface area contributed by atoms with Crippen LogP contribution in [0.25, 0.3) is 10.2 Å². The van der Waals surface area contributed by atoms with Gasteiger partial charge < -0.3 is 5.73 Å². The predicted octanol–water partition coefficient (Wildman–Crippen LogP) is 4.06. The van der Waals surface area contributed by atoms with Gasteiger partial charge in [-0.25, -0.2) is 4.98 Å². The van der Waals surface area contributed by atoms with Gasteiger partial charge in [0.25, 0.3) is 0 Å². The number of hydrogen-bond donors (Lipinski definition) is 1. The highest BCUT2D eigenvalue weighted by Crippen LogP contribution is 2.25. The van der Waals surface area contributed by atoms with Crippen LogP contribution >= 0.6 is 11.3 Å². The summed E-state index contributed by atoms with van der Waals surface area (Å²) in [7, 11) is 0. The number of rotatable bonds is 4. The molecule has 3 heteroatoms. The van der Waals surface area contributed by atoms with E-state index in [0.29, 0.717) is 0 Å². The van der Waals surface area contributed by atoms with Gasteiger partial charge in [0.15, 0.2) is 0 Å². The quantitative estimate of drug-likeness (QED) is 0.853. The Kier molecular flexibility index (Phi) is 3.95. The van der Waals surface area contributed by atoms with Crippen molar-refractivity contribution in [2.75, 3.05) is 0 Å². The predicted molar refractivity (Wildman–Crippen MR) is 82.5 cm³/mol. The molecule has 0 saturated heterocycles. The van der Waals surface area contributed by atoms with Crippen LogP contribution in [0.15, 0.2) is 35.9 Å². The summed E-state index contributed by atoms with van der Waals surface area (Å²) in [6.07, 6.45) is 9.49. The Morgan fingerprint density at radius 2 is 2.11 bits per heavy atom. The van der Waals surface area contributed by atoms with Crippen LogP contribution < -0.4 is 5.73 Å². The van der Waals surface area contributed by atoms with E-state index in [1.54, 1.807) is 16.9 Å². The normalized spacial score (nSPS) is 17.4. The van der Waals surface area contributed by atoms with E-state index < -0.39 is 0 Å². The van der Waals surface area contributed by atoms with Gasteiger partial charge in [-0.1, -0.05) is 23.8 Å². The van der Waals surface area contributed by atoms with Gasteiger partial charge in [-0.2, -0.15) is 0 Å². The Morgan fingerprint density at radius 1 is 1.21 bits per heavy atom. The molecule has 1 heterocycles. The highest BCUT2D eigenvalue weighted by atomic mass is 32.1. The van der Waals surface area contributed by atoms with Crippen molar-refractivity contribution in [2.24, 2.45) is 5.73 Å². The molecule has 0 amide bonds. The van der Waals surface area contributed by atoms with Gasteiger partial charge >= 0.3 is 0 Å². The number of nitrogens with two attached hydrogens (primary N) is 1. The maximum atomic E-state index is 6.28. The van der Waals surface area contributed by atoms with E-state index in [1.807, 2.05) is 6.07 Å². The van der Waals surface area contributed by atoms with Gasteiger partial charge in [-0.05, 0) is 44.2 Å². The molecule has 2 aromatic rings. The van der Waals surface area contributed by atoms with Crippen molar-refractivity contribution in [3.8, 4) is 0 Å². The zero-order valence-corrected chi connectivity index (χ0v) is 12.0. The minimum atomic E-state index is 0.213. The fourth-order valence-electron chi connectivity index (χ4n) is 2.73. The lowest BCUT2D eigenvalue weighted by molar-refractivity contribution is 0.605. The van der Waals surface area contributed by atoms with Crippen molar-refractivity contribution in [3.05, 3.63) is 40.9 Å². The third-order valence-electron chi connectivity index (χ3n) is 3.68. The van der Waals surface area contributed by atoms with E-state index in [1.165, 1.54) is 35.4 Å². The minimum absolute atomic E-state index is 0.213. The zero-order chi connectivity index (χ0) is 13.1. The number of para-hydroxylation sites is 1. The molecule has 1 atom stereocenters. The van der Waals surface area contributed by atoms with Crippen molar-refractivity contribution in [3.63, 3.8) is 0 Å². The molecule has 1 aliphatic rings. The first-order valence-electron chi connectivity index (χ1n) is 7.09. The summed E-state index contributed by atoms with van der Waals surface area (Å²) in [5.74, 6) is 0. The molecule has 0 spiro atoms. The van der Waals surface area contributed by atoms with Crippen LogP contribution in [-0.4, -0.2) is 11.0 Å². The van der Waals surface area contributed by atoms with Gasteiger partial charge in [0.2, 0.25) is 0 Å². The summed E-state index contributed by atoms with van der Waals surface area (Å²) in [5.41, 5.74) is 8.94. The molecule has 1 aromatic carbocycles. The molecular formula is C16H20N2S. The van der Waals surface area contributed by atoms with Crippen molar-refractivity contribution in [1.29, 1.82) is 0 Å². The van der Waals surface area contributed by atoms with E-state index in [0.717, 1.165) is 18.4 Å². The number of allylic oxidation sites excluding steroid dienone is 1. The lowest BCUT2D eigenvalue weighted by Crippen LogP contribution is -2.23. The Hall–Kier alpha value is -1.19. The summed E-state index contributed by atoms with van der Waals surface area (Å²) in [6.45, 7) is 0. The average Bonchev–Trinajstić information content (AvgIpc) is 2.81. The molecule has 1 aliphatic carbocycles. The molecule has 0 saturated carbocycles. The van der Waals surface area contributed by atoms with Crippen LogP contribution in [0.5, 0.6) is 0 Å². The van der Waals surface area contributed by atoms with E-state index >= 15 is 0 Å². The average molecular weight is 272 g/mol. The number of thiazole rings is 1. The summed E-state index contributed by atoms with van der Waals surface area (Å²) in [5, 5.41) is 1.17.